The van der Waals surface area contributed by atoms with E-state index in [0.717, 1.165) is 25.3 Å². The summed E-state index contributed by atoms with van der Waals surface area (Å²) in [6.45, 7) is 4.25. The van der Waals surface area contributed by atoms with Gasteiger partial charge in [-0.2, -0.15) is 0 Å². The van der Waals surface area contributed by atoms with Crippen LogP contribution in [0.4, 0.5) is 0 Å². The van der Waals surface area contributed by atoms with Crippen molar-refractivity contribution in [3.63, 3.8) is 0 Å². The van der Waals surface area contributed by atoms with Gasteiger partial charge < -0.3 is 4.74 Å². The van der Waals surface area contributed by atoms with Crippen LogP contribution >= 0.6 is 0 Å². The molecule has 1 aliphatic rings. The van der Waals surface area contributed by atoms with E-state index in [0.29, 0.717) is 11.2 Å². The Hall–Kier alpha value is -1.95. The van der Waals surface area contributed by atoms with Crippen molar-refractivity contribution in [2.24, 2.45) is 0 Å². The van der Waals surface area contributed by atoms with Crippen LogP contribution in [-0.4, -0.2) is 45.7 Å². The molecule has 2 aromatic rings. The van der Waals surface area contributed by atoms with Gasteiger partial charge in [-0.15, -0.1) is 10.2 Å². The maximum absolute atomic E-state index is 11.8. The summed E-state index contributed by atoms with van der Waals surface area (Å²) in [5, 5.41) is 8.58. The van der Waals surface area contributed by atoms with Gasteiger partial charge in [0, 0.05) is 6.20 Å². The number of fused-ring (bicyclic) bond motifs is 1. The first kappa shape index (κ1) is 14.0. The topological polar surface area (TPSA) is 59.7 Å². The fourth-order valence-corrected chi connectivity index (χ4v) is 3.09. The van der Waals surface area contributed by atoms with E-state index in [4.69, 9.17) is 4.74 Å². The summed E-state index contributed by atoms with van der Waals surface area (Å²) in [5.74, 6) is 0.535. The van der Waals surface area contributed by atoms with E-state index >= 15 is 0 Å². The standard InChI is InChI=1S/C15H20N4O2/c1-3-18-9-5-4-8-12(18)14-17-16-13-11(15(20)21-2)7-6-10-19(13)14/h6-7,10,12H,3-5,8-9H2,1-2H3. The fourth-order valence-electron chi connectivity index (χ4n) is 3.09. The molecule has 21 heavy (non-hydrogen) atoms. The second-order valence-corrected chi connectivity index (χ2v) is 5.31. The quantitative estimate of drug-likeness (QED) is 0.809. The Kier molecular flexibility index (Phi) is 3.88. The third kappa shape index (κ3) is 2.40. The van der Waals surface area contributed by atoms with Crippen molar-refractivity contribution in [3.8, 4) is 0 Å². The molecular formula is C15H20N4O2. The molecule has 0 amide bonds. The predicted octanol–water partition coefficient (Wildman–Crippen LogP) is 2.06. The molecule has 1 saturated heterocycles. The maximum atomic E-state index is 11.8. The fraction of sp³-hybridized carbons (Fsp3) is 0.533. The third-order valence-corrected chi connectivity index (χ3v) is 4.18. The highest BCUT2D eigenvalue weighted by molar-refractivity contribution is 5.95. The molecule has 6 heteroatoms. The zero-order valence-electron chi connectivity index (χ0n) is 12.5. The van der Waals surface area contributed by atoms with Crippen molar-refractivity contribution in [2.75, 3.05) is 20.2 Å². The number of aromatic nitrogens is 3. The highest BCUT2D eigenvalue weighted by Gasteiger charge is 2.27. The van der Waals surface area contributed by atoms with Crippen LogP contribution < -0.4 is 0 Å². The summed E-state index contributed by atoms with van der Waals surface area (Å²) in [6.07, 6.45) is 5.43. The molecule has 0 bridgehead atoms. The minimum absolute atomic E-state index is 0.270. The van der Waals surface area contributed by atoms with Gasteiger partial charge in [0.2, 0.25) is 0 Å². The Morgan fingerprint density at radius 3 is 3.05 bits per heavy atom. The predicted molar refractivity (Wildman–Crippen MR) is 78.2 cm³/mol. The molecular weight excluding hydrogens is 268 g/mol. The molecule has 112 valence electrons. The summed E-state index contributed by atoms with van der Waals surface area (Å²) >= 11 is 0. The van der Waals surface area contributed by atoms with E-state index < -0.39 is 0 Å². The molecule has 1 atom stereocenters. The van der Waals surface area contributed by atoms with Gasteiger partial charge in [0.05, 0.1) is 13.2 Å². The first-order valence-corrected chi connectivity index (χ1v) is 7.42. The lowest BCUT2D eigenvalue weighted by Crippen LogP contribution is -2.34. The molecule has 0 spiro atoms. The Morgan fingerprint density at radius 1 is 1.43 bits per heavy atom. The van der Waals surface area contributed by atoms with Gasteiger partial charge in [0.1, 0.15) is 5.56 Å². The zero-order chi connectivity index (χ0) is 14.8. The number of carbonyl (C=O) groups is 1. The number of nitrogens with zero attached hydrogens (tertiary/aromatic N) is 4. The van der Waals surface area contributed by atoms with Gasteiger partial charge in [-0.3, -0.25) is 9.30 Å². The van der Waals surface area contributed by atoms with Gasteiger partial charge in [0.15, 0.2) is 11.5 Å². The molecule has 3 rings (SSSR count). The zero-order valence-corrected chi connectivity index (χ0v) is 12.5. The monoisotopic (exact) mass is 288 g/mol. The Labute approximate surface area is 123 Å². The Bertz CT molecular complexity index is 652. The number of carbonyl (C=O) groups excluding carboxylic acids is 1. The Morgan fingerprint density at radius 2 is 2.29 bits per heavy atom. The van der Waals surface area contributed by atoms with E-state index in [9.17, 15) is 4.79 Å². The summed E-state index contributed by atoms with van der Waals surface area (Å²) in [6, 6.07) is 3.83. The number of hydrogen-bond donors (Lipinski definition) is 0. The number of pyridine rings is 1. The van der Waals surface area contributed by atoms with Crippen LogP contribution in [0.1, 0.15) is 48.4 Å². The highest BCUT2D eigenvalue weighted by Crippen LogP contribution is 2.30. The van der Waals surface area contributed by atoms with Crippen LogP contribution in [0.25, 0.3) is 5.65 Å². The first-order valence-electron chi connectivity index (χ1n) is 7.42. The second-order valence-electron chi connectivity index (χ2n) is 5.31. The van der Waals surface area contributed by atoms with Crippen LogP contribution in [-0.2, 0) is 4.74 Å². The maximum Gasteiger partial charge on any atom is 0.341 e. The molecule has 1 aliphatic heterocycles. The van der Waals surface area contributed by atoms with Crippen molar-refractivity contribution in [1.29, 1.82) is 0 Å². The van der Waals surface area contributed by atoms with Crippen molar-refractivity contribution >= 4 is 11.6 Å². The van der Waals surface area contributed by atoms with Crippen LogP contribution in [0.5, 0.6) is 0 Å². The molecule has 0 N–H and O–H groups in total. The number of hydrogen-bond acceptors (Lipinski definition) is 5. The molecule has 0 radical (unpaired) electrons. The van der Waals surface area contributed by atoms with Crippen molar-refractivity contribution in [1.82, 2.24) is 19.5 Å². The normalized spacial score (nSPS) is 19.8. The van der Waals surface area contributed by atoms with Gasteiger partial charge in [-0.25, -0.2) is 4.79 Å². The van der Waals surface area contributed by atoms with Crippen LogP contribution in [0.3, 0.4) is 0 Å². The lowest BCUT2D eigenvalue weighted by atomic mass is 10.0. The smallest absolute Gasteiger partial charge is 0.341 e. The molecule has 2 aromatic heterocycles. The average Bonchev–Trinajstić information content (AvgIpc) is 2.97. The molecule has 0 saturated carbocycles. The molecule has 6 nitrogen and oxygen atoms in total. The summed E-state index contributed by atoms with van der Waals surface area (Å²) in [4.78, 5) is 14.2. The minimum Gasteiger partial charge on any atom is -0.465 e. The average molecular weight is 288 g/mol. The van der Waals surface area contributed by atoms with E-state index in [2.05, 4.69) is 22.0 Å². The van der Waals surface area contributed by atoms with Gasteiger partial charge >= 0.3 is 5.97 Å². The molecule has 1 fully saturated rings. The first-order chi connectivity index (χ1) is 10.3. The van der Waals surface area contributed by atoms with Crippen LogP contribution in [0.2, 0.25) is 0 Å². The Balaban J connectivity index is 2.06. The minimum atomic E-state index is -0.379. The number of esters is 1. The number of piperidine rings is 1. The molecule has 0 aromatic carbocycles. The third-order valence-electron chi connectivity index (χ3n) is 4.18. The van der Waals surface area contributed by atoms with Crippen LogP contribution in [0.15, 0.2) is 18.3 Å². The summed E-state index contributed by atoms with van der Waals surface area (Å²) in [7, 11) is 1.38. The molecule has 0 aliphatic carbocycles. The highest BCUT2D eigenvalue weighted by atomic mass is 16.5. The molecule has 1 unspecified atom stereocenters. The SMILES string of the molecule is CCN1CCCCC1c1nnc2c(C(=O)OC)cccn12. The van der Waals surface area contributed by atoms with Gasteiger partial charge in [0.25, 0.3) is 0 Å². The van der Waals surface area contributed by atoms with Gasteiger partial charge in [-0.1, -0.05) is 13.3 Å². The largest absolute Gasteiger partial charge is 0.465 e. The van der Waals surface area contributed by atoms with E-state index in [1.807, 2.05) is 16.7 Å². The van der Waals surface area contributed by atoms with Crippen molar-refractivity contribution in [3.05, 3.63) is 29.7 Å². The second kappa shape index (κ2) is 5.81. The van der Waals surface area contributed by atoms with Crippen molar-refractivity contribution < 1.29 is 9.53 Å². The lowest BCUT2D eigenvalue weighted by molar-refractivity contribution is 0.0602. The van der Waals surface area contributed by atoms with E-state index in [1.165, 1.54) is 20.0 Å². The number of rotatable bonds is 3. The number of likely N-dealkylation sites (tertiary alicyclic amines) is 1. The number of ether oxygens (including phenoxy) is 1. The summed E-state index contributed by atoms with van der Waals surface area (Å²) in [5.41, 5.74) is 1.03. The van der Waals surface area contributed by atoms with E-state index in [1.54, 1.807) is 6.07 Å². The van der Waals surface area contributed by atoms with Crippen LogP contribution in [0, 0.1) is 0 Å². The lowest BCUT2D eigenvalue weighted by Gasteiger charge is -2.33. The summed E-state index contributed by atoms with van der Waals surface area (Å²) < 4.78 is 6.73. The molecule has 3 heterocycles. The van der Waals surface area contributed by atoms with Crippen molar-refractivity contribution in [2.45, 2.75) is 32.2 Å². The van der Waals surface area contributed by atoms with Gasteiger partial charge in [-0.05, 0) is 38.1 Å². The number of methoxy groups -OCH3 is 1. The van der Waals surface area contributed by atoms with E-state index in [-0.39, 0.29) is 12.0 Å².